The van der Waals surface area contributed by atoms with Crippen molar-refractivity contribution in [3.8, 4) is 5.75 Å². The van der Waals surface area contributed by atoms with Gasteiger partial charge < -0.3 is 15.0 Å². The Kier molecular flexibility index (Phi) is 6.12. The van der Waals surface area contributed by atoms with Gasteiger partial charge in [-0.3, -0.25) is 0 Å². The molecule has 21 heavy (non-hydrogen) atoms. The van der Waals surface area contributed by atoms with Crippen LogP contribution in [-0.2, 0) is 6.54 Å². The lowest BCUT2D eigenvalue weighted by atomic mass is 9.98. The zero-order chi connectivity index (χ0) is 15.1. The topological polar surface area (TPSA) is 24.5 Å². The molecule has 1 N–H and O–H groups in total. The quantitative estimate of drug-likeness (QED) is 0.611. The van der Waals surface area contributed by atoms with Crippen LogP contribution >= 0.6 is 0 Å². The molecule has 1 aliphatic rings. The zero-order valence-electron chi connectivity index (χ0n) is 13.4. The molecular weight excluding hydrogens is 260 g/mol. The number of anilines is 1. The molecule has 0 spiro atoms. The van der Waals surface area contributed by atoms with Crippen LogP contribution in [0.15, 0.2) is 30.9 Å². The van der Waals surface area contributed by atoms with Gasteiger partial charge in [-0.25, -0.2) is 0 Å². The average molecular weight is 288 g/mol. The van der Waals surface area contributed by atoms with E-state index in [1.807, 2.05) is 6.08 Å². The molecule has 1 aromatic carbocycles. The first kappa shape index (κ1) is 15.9. The number of methoxy groups -OCH3 is 1. The smallest absolute Gasteiger partial charge is 0.142 e. The van der Waals surface area contributed by atoms with Crippen LogP contribution in [0.5, 0.6) is 5.75 Å². The first-order valence-corrected chi connectivity index (χ1v) is 8.05. The normalized spacial score (nSPS) is 18.6. The molecule has 0 aromatic heterocycles. The summed E-state index contributed by atoms with van der Waals surface area (Å²) >= 11 is 0. The van der Waals surface area contributed by atoms with E-state index in [1.165, 1.54) is 36.9 Å². The van der Waals surface area contributed by atoms with E-state index in [-0.39, 0.29) is 0 Å². The van der Waals surface area contributed by atoms with Crippen molar-refractivity contribution in [1.82, 2.24) is 5.32 Å². The fourth-order valence-electron chi connectivity index (χ4n) is 3.13. The van der Waals surface area contributed by atoms with Gasteiger partial charge in [0.2, 0.25) is 0 Å². The highest BCUT2D eigenvalue weighted by atomic mass is 16.5. The average Bonchev–Trinajstić information content (AvgIpc) is 2.55. The van der Waals surface area contributed by atoms with Crippen LogP contribution in [0.4, 0.5) is 5.69 Å². The SMILES string of the molecule is C=CCNCc1ccc(N2CCCCC2CC)c(OC)c1. The van der Waals surface area contributed by atoms with Crippen molar-refractivity contribution in [3.05, 3.63) is 36.4 Å². The fraction of sp³-hybridized carbons (Fsp3) is 0.556. The number of hydrogen-bond donors (Lipinski definition) is 1. The van der Waals surface area contributed by atoms with Gasteiger partial charge in [0.25, 0.3) is 0 Å². The Bertz CT molecular complexity index is 459. The lowest BCUT2D eigenvalue weighted by Gasteiger charge is -2.38. The maximum Gasteiger partial charge on any atom is 0.142 e. The molecule has 1 unspecified atom stereocenters. The van der Waals surface area contributed by atoms with Crippen molar-refractivity contribution < 1.29 is 4.74 Å². The molecular formula is C18H28N2O. The Morgan fingerprint density at radius 3 is 3.00 bits per heavy atom. The predicted octanol–water partition coefficient (Wildman–Crippen LogP) is 3.74. The first-order valence-electron chi connectivity index (χ1n) is 8.05. The third-order valence-corrected chi connectivity index (χ3v) is 4.27. The third-order valence-electron chi connectivity index (χ3n) is 4.27. The number of rotatable bonds is 7. The number of piperidine rings is 1. The lowest BCUT2D eigenvalue weighted by molar-refractivity contribution is 0.402. The van der Waals surface area contributed by atoms with Crippen molar-refractivity contribution in [2.45, 2.75) is 45.2 Å². The summed E-state index contributed by atoms with van der Waals surface area (Å²) in [7, 11) is 1.77. The molecule has 1 atom stereocenters. The van der Waals surface area contributed by atoms with Gasteiger partial charge in [0.1, 0.15) is 5.75 Å². The van der Waals surface area contributed by atoms with Crippen LogP contribution < -0.4 is 15.0 Å². The lowest BCUT2D eigenvalue weighted by Crippen LogP contribution is -2.39. The number of benzene rings is 1. The van der Waals surface area contributed by atoms with Gasteiger partial charge in [-0.15, -0.1) is 6.58 Å². The van der Waals surface area contributed by atoms with Crippen LogP contribution in [0.25, 0.3) is 0 Å². The Balaban J connectivity index is 2.16. The van der Waals surface area contributed by atoms with Gasteiger partial charge in [-0.2, -0.15) is 0 Å². The van der Waals surface area contributed by atoms with Gasteiger partial charge in [-0.05, 0) is 43.4 Å². The zero-order valence-corrected chi connectivity index (χ0v) is 13.4. The summed E-state index contributed by atoms with van der Waals surface area (Å²) in [6.45, 7) is 8.82. The van der Waals surface area contributed by atoms with Crippen molar-refractivity contribution in [1.29, 1.82) is 0 Å². The summed E-state index contributed by atoms with van der Waals surface area (Å²) in [6.07, 6.45) is 7.00. The highest BCUT2D eigenvalue weighted by Crippen LogP contribution is 2.34. The van der Waals surface area contributed by atoms with E-state index in [0.29, 0.717) is 6.04 Å². The first-order chi connectivity index (χ1) is 10.3. The van der Waals surface area contributed by atoms with Crippen LogP contribution in [0.3, 0.4) is 0 Å². The molecule has 1 saturated heterocycles. The standard InChI is InChI=1S/C18H28N2O/c1-4-11-19-14-15-9-10-17(18(13-15)21-3)20-12-7-6-8-16(20)5-2/h4,9-10,13,16,19H,1,5-8,11-12,14H2,2-3H3. The van der Waals surface area contributed by atoms with E-state index in [9.17, 15) is 0 Å². The van der Waals surface area contributed by atoms with Crippen LogP contribution in [-0.4, -0.2) is 26.2 Å². The van der Waals surface area contributed by atoms with Gasteiger partial charge in [0, 0.05) is 25.7 Å². The molecule has 3 nitrogen and oxygen atoms in total. The number of hydrogen-bond acceptors (Lipinski definition) is 3. The summed E-state index contributed by atoms with van der Waals surface area (Å²) in [5.74, 6) is 0.994. The largest absolute Gasteiger partial charge is 0.495 e. The van der Waals surface area contributed by atoms with E-state index in [1.54, 1.807) is 7.11 Å². The number of nitrogens with zero attached hydrogens (tertiary/aromatic N) is 1. The number of nitrogens with one attached hydrogen (secondary N) is 1. The third kappa shape index (κ3) is 4.01. The van der Waals surface area contributed by atoms with Gasteiger partial charge in [-0.1, -0.05) is 19.1 Å². The summed E-state index contributed by atoms with van der Waals surface area (Å²) < 4.78 is 5.65. The molecule has 1 heterocycles. The van der Waals surface area contributed by atoms with Crippen molar-refractivity contribution in [2.75, 3.05) is 25.1 Å². The minimum atomic E-state index is 0.650. The van der Waals surface area contributed by atoms with Crippen LogP contribution in [0.1, 0.15) is 38.2 Å². The summed E-state index contributed by atoms with van der Waals surface area (Å²) in [5, 5.41) is 3.33. The molecule has 1 fully saturated rings. The Morgan fingerprint density at radius 1 is 1.43 bits per heavy atom. The second-order valence-corrected chi connectivity index (χ2v) is 5.68. The monoisotopic (exact) mass is 288 g/mol. The Hall–Kier alpha value is -1.48. The minimum absolute atomic E-state index is 0.650. The highest BCUT2D eigenvalue weighted by Gasteiger charge is 2.23. The van der Waals surface area contributed by atoms with E-state index in [0.717, 1.165) is 25.4 Å². The molecule has 0 radical (unpaired) electrons. The second kappa shape index (κ2) is 8.08. The Morgan fingerprint density at radius 2 is 2.29 bits per heavy atom. The molecule has 0 saturated carbocycles. The minimum Gasteiger partial charge on any atom is -0.495 e. The summed E-state index contributed by atoms with van der Waals surface area (Å²) in [4.78, 5) is 2.53. The van der Waals surface area contributed by atoms with Crippen molar-refractivity contribution in [3.63, 3.8) is 0 Å². The summed E-state index contributed by atoms with van der Waals surface area (Å²) in [6, 6.07) is 7.23. The molecule has 0 aliphatic carbocycles. The molecule has 2 rings (SSSR count). The van der Waals surface area contributed by atoms with Crippen LogP contribution in [0, 0.1) is 0 Å². The molecule has 1 aliphatic heterocycles. The van der Waals surface area contributed by atoms with Gasteiger partial charge in [0.05, 0.1) is 12.8 Å². The highest BCUT2D eigenvalue weighted by molar-refractivity contribution is 5.60. The predicted molar refractivity (Wildman–Crippen MR) is 90.2 cm³/mol. The van der Waals surface area contributed by atoms with Gasteiger partial charge in [0.15, 0.2) is 0 Å². The molecule has 116 valence electrons. The number of ether oxygens (including phenoxy) is 1. The van der Waals surface area contributed by atoms with E-state index < -0.39 is 0 Å². The fourth-order valence-corrected chi connectivity index (χ4v) is 3.13. The van der Waals surface area contributed by atoms with E-state index in [4.69, 9.17) is 4.74 Å². The maximum absolute atomic E-state index is 5.65. The van der Waals surface area contributed by atoms with E-state index >= 15 is 0 Å². The Labute approximate surface area is 129 Å². The molecule has 0 amide bonds. The van der Waals surface area contributed by atoms with E-state index in [2.05, 4.69) is 41.9 Å². The summed E-state index contributed by atoms with van der Waals surface area (Å²) in [5.41, 5.74) is 2.50. The van der Waals surface area contributed by atoms with Crippen molar-refractivity contribution >= 4 is 5.69 Å². The van der Waals surface area contributed by atoms with Crippen LogP contribution in [0.2, 0.25) is 0 Å². The molecule has 3 heteroatoms. The van der Waals surface area contributed by atoms with Gasteiger partial charge >= 0.3 is 0 Å². The van der Waals surface area contributed by atoms with Crippen molar-refractivity contribution in [2.24, 2.45) is 0 Å². The maximum atomic E-state index is 5.65. The second-order valence-electron chi connectivity index (χ2n) is 5.68. The molecule has 0 bridgehead atoms. The molecule has 1 aromatic rings.